The number of piperidine rings is 1. The van der Waals surface area contributed by atoms with E-state index >= 15 is 0 Å². The summed E-state index contributed by atoms with van der Waals surface area (Å²) in [5.41, 5.74) is 2.55. The zero-order chi connectivity index (χ0) is 18.8. The van der Waals surface area contributed by atoms with E-state index in [1.54, 1.807) is 14.2 Å². The van der Waals surface area contributed by atoms with Crippen molar-refractivity contribution in [2.75, 3.05) is 40.4 Å². The van der Waals surface area contributed by atoms with Crippen LogP contribution in [0.2, 0.25) is 0 Å². The van der Waals surface area contributed by atoms with E-state index in [2.05, 4.69) is 17.0 Å². The molecule has 1 amide bonds. The molecule has 2 unspecified atom stereocenters. The van der Waals surface area contributed by atoms with Crippen molar-refractivity contribution in [2.24, 2.45) is 5.92 Å². The van der Waals surface area contributed by atoms with Crippen molar-refractivity contribution in [2.45, 2.75) is 32.7 Å². The summed E-state index contributed by atoms with van der Waals surface area (Å²) >= 11 is 5.70. The molecule has 150 valence electrons. The number of benzene rings is 1. The first-order valence-corrected chi connectivity index (χ1v) is 9.75. The molecular formula is C20H29ClN2O3S. The monoisotopic (exact) mass is 412 g/mol. The summed E-state index contributed by atoms with van der Waals surface area (Å²) in [6.45, 7) is 7.17. The van der Waals surface area contributed by atoms with Gasteiger partial charge in [-0.05, 0) is 49.9 Å². The second kappa shape index (κ2) is 9.22. The average molecular weight is 413 g/mol. The highest BCUT2D eigenvalue weighted by Gasteiger charge is 2.40. The van der Waals surface area contributed by atoms with Crippen molar-refractivity contribution in [3.05, 3.63) is 23.3 Å². The molecule has 2 atom stereocenters. The Balaban J connectivity index is 0.00000261. The van der Waals surface area contributed by atoms with Crippen LogP contribution in [0, 0.1) is 5.92 Å². The van der Waals surface area contributed by atoms with Crippen LogP contribution in [0.25, 0.3) is 0 Å². The number of hydrogen-bond acceptors (Lipinski definition) is 5. The fourth-order valence-corrected chi connectivity index (χ4v) is 4.51. The Kier molecular flexibility index (Phi) is 7.48. The SMILES string of the molecule is CCN(CC)C(=O)C1CN2CCc3cc(OC)c(OC)cc3C2CC1=S.Cl. The largest absolute Gasteiger partial charge is 0.493 e. The van der Waals surface area contributed by atoms with Crippen molar-refractivity contribution in [1.29, 1.82) is 0 Å². The third-order valence-electron chi connectivity index (χ3n) is 5.69. The Morgan fingerprint density at radius 2 is 1.85 bits per heavy atom. The molecule has 0 spiro atoms. The first kappa shape index (κ1) is 21.9. The highest BCUT2D eigenvalue weighted by Crippen LogP contribution is 2.42. The molecule has 1 aromatic rings. The molecule has 1 aromatic carbocycles. The number of thiocarbonyl (C=S) groups is 1. The fraction of sp³-hybridized carbons (Fsp3) is 0.600. The molecule has 5 nitrogen and oxygen atoms in total. The van der Waals surface area contributed by atoms with Crippen LogP contribution in [0.3, 0.4) is 0 Å². The second-order valence-electron chi connectivity index (χ2n) is 6.90. The summed E-state index contributed by atoms with van der Waals surface area (Å²) in [7, 11) is 3.33. The lowest BCUT2D eigenvalue weighted by Gasteiger charge is -2.44. The number of hydrogen-bond donors (Lipinski definition) is 0. The summed E-state index contributed by atoms with van der Waals surface area (Å²) in [5, 5.41) is 0. The predicted octanol–water partition coefficient (Wildman–Crippen LogP) is 3.28. The molecule has 0 aromatic heterocycles. The molecule has 7 heteroatoms. The van der Waals surface area contributed by atoms with Crippen LogP contribution < -0.4 is 9.47 Å². The summed E-state index contributed by atoms with van der Waals surface area (Å²) in [4.78, 5) is 18.0. The van der Waals surface area contributed by atoms with Crippen LogP contribution in [-0.4, -0.2) is 61.0 Å². The van der Waals surface area contributed by atoms with Gasteiger partial charge in [-0.25, -0.2) is 0 Å². The van der Waals surface area contributed by atoms with Gasteiger partial charge in [-0.3, -0.25) is 9.69 Å². The van der Waals surface area contributed by atoms with E-state index in [1.165, 1.54) is 11.1 Å². The lowest BCUT2D eigenvalue weighted by atomic mass is 9.82. The van der Waals surface area contributed by atoms with Gasteiger partial charge in [-0.15, -0.1) is 12.4 Å². The smallest absolute Gasteiger partial charge is 0.231 e. The molecule has 2 aliphatic heterocycles. The Hall–Kier alpha value is -1.37. The summed E-state index contributed by atoms with van der Waals surface area (Å²) < 4.78 is 10.9. The Morgan fingerprint density at radius 3 is 2.44 bits per heavy atom. The van der Waals surface area contributed by atoms with Crippen LogP contribution >= 0.6 is 24.6 Å². The Morgan fingerprint density at radius 1 is 1.22 bits per heavy atom. The minimum Gasteiger partial charge on any atom is -0.493 e. The molecule has 0 aliphatic carbocycles. The van der Waals surface area contributed by atoms with Gasteiger partial charge >= 0.3 is 0 Å². The molecule has 0 radical (unpaired) electrons. The Bertz CT molecular complexity index is 709. The molecule has 27 heavy (non-hydrogen) atoms. The number of fused-ring (bicyclic) bond motifs is 3. The van der Waals surface area contributed by atoms with E-state index in [9.17, 15) is 4.79 Å². The van der Waals surface area contributed by atoms with E-state index in [0.29, 0.717) is 6.54 Å². The van der Waals surface area contributed by atoms with Gasteiger partial charge in [0.15, 0.2) is 11.5 Å². The van der Waals surface area contributed by atoms with E-state index < -0.39 is 0 Å². The van der Waals surface area contributed by atoms with E-state index in [4.69, 9.17) is 21.7 Å². The third kappa shape index (κ3) is 4.08. The minimum absolute atomic E-state index is 0. The average Bonchev–Trinajstić information content (AvgIpc) is 2.67. The van der Waals surface area contributed by atoms with E-state index in [0.717, 1.165) is 48.8 Å². The number of carbonyl (C=O) groups is 1. The summed E-state index contributed by atoms with van der Waals surface area (Å²) in [6.07, 6.45) is 1.70. The number of methoxy groups -OCH3 is 2. The normalized spacial score (nSPS) is 21.6. The molecule has 2 heterocycles. The highest BCUT2D eigenvalue weighted by atomic mass is 35.5. The van der Waals surface area contributed by atoms with Crippen LogP contribution in [0.1, 0.15) is 37.4 Å². The third-order valence-corrected chi connectivity index (χ3v) is 6.14. The molecule has 0 N–H and O–H groups in total. The van der Waals surface area contributed by atoms with Gasteiger partial charge in [-0.1, -0.05) is 12.2 Å². The number of halogens is 1. The lowest BCUT2D eigenvalue weighted by molar-refractivity contribution is -0.134. The van der Waals surface area contributed by atoms with Gasteiger partial charge in [0.05, 0.1) is 20.1 Å². The topological polar surface area (TPSA) is 42.0 Å². The van der Waals surface area contributed by atoms with Crippen molar-refractivity contribution in [3.8, 4) is 11.5 Å². The Labute approximate surface area is 173 Å². The van der Waals surface area contributed by atoms with Gasteiger partial charge in [0, 0.05) is 37.1 Å². The maximum Gasteiger partial charge on any atom is 0.231 e. The maximum absolute atomic E-state index is 12.9. The van der Waals surface area contributed by atoms with Gasteiger partial charge < -0.3 is 14.4 Å². The van der Waals surface area contributed by atoms with E-state index in [1.807, 2.05) is 18.7 Å². The number of rotatable bonds is 5. The number of amides is 1. The second-order valence-corrected chi connectivity index (χ2v) is 7.42. The molecule has 1 fully saturated rings. The van der Waals surface area contributed by atoms with Gasteiger partial charge in [0.2, 0.25) is 5.91 Å². The maximum atomic E-state index is 12.9. The first-order valence-electron chi connectivity index (χ1n) is 9.34. The van der Waals surface area contributed by atoms with Crippen LogP contribution in [-0.2, 0) is 11.2 Å². The quantitative estimate of drug-likeness (QED) is 0.694. The van der Waals surface area contributed by atoms with Crippen molar-refractivity contribution in [3.63, 3.8) is 0 Å². The fourth-order valence-electron chi connectivity index (χ4n) is 4.18. The molecule has 3 rings (SSSR count). The zero-order valence-electron chi connectivity index (χ0n) is 16.5. The molecular weight excluding hydrogens is 384 g/mol. The van der Waals surface area contributed by atoms with Crippen LogP contribution in [0.5, 0.6) is 11.5 Å². The molecule has 2 aliphatic rings. The van der Waals surface area contributed by atoms with Crippen molar-refractivity contribution < 1.29 is 14.3 Å². The standard InChI is InChI=1S/C20H28N2O3S.ClH/c1-5-21(6-2)20(23)15-12-22-8-7-13-9-17(24-3)18(25-4)10-14(13)16(22)11-19(15)26;/h9-10,15-16H,5-8,11-12H2,1-4H3;1H. The predicted molar refractivity (Wildman–Crippen MR) is 113 cm³/mol. The molecule has 0 saturated carbocycles. The first-order chi connectivity index (χ1) is 12.5. The summed E-state index contributed by atoms with van der Waals surface area (Å²) in [6, 6.07) is 4.40. The highest BCUT2D eigenvalue weighted by molar-refractivity contribution is 7.80. The molecule has 1 saturated heterocycles. The zero-order valence-corrected chi connectivity index (χ0v) is 18.1. The number of ether oxygens (including phenoxy) is 2. The minimum atomic E-state index is -0.164. The van der Waals surface area contributed by atoms with E-state index in [-0.39, 0.29) is 30.3 Å². The van der Waals surface area contributed by atoms with Crippen LogP contribution in [0.15, 0.2) is 12.1 Å². The van der Waals surface area contributed by atoms with Gasteiger partial charge in [0.1, 0.15) is 0 Å². The summed E-state index contributed by atoms with van der Waals surface area (Å²) in [5.74, 6) is 1.53. The lowest BCUT2D eigenvalue weighted by Crippen LogP contribution is -2.51. The van der Waals surface area contributed by atoms with Gasteiger partial charge in [-0.2, -0.15) is 0 Å². The van der Waals surface area contributed by atoms with Crippen molar-refractivity contribution >= 4 is 35.4 Å². The number of carbonyl (C=O) groups excluding carboxylic acids is 1. The number of nitrogens with zero attached hydrogens (tertiary/aromatic N) is 2. The van der Waals surface area contributed by atoms with Gasteiger partial charge in [0.25, 0.3) is 0 Å². The van der Waals surface area contributed by atoms with Crippen molar-refractivity contribution in [1.82, 2.24) is 9.80 Å². The molecule has 0 bridgehead atoms. The van der Waals surface area contributed by atoms with Crippen LogP contribution in [0.4, 0.5) is 0 Å².